The molecule has 0 aromatic rings. The van der Waals surface area contributed by atoms with Gasteiger partial charge in [-0.3, -0.25) is 19.2 Å². The minimum absolute atomic E-state index is 0.111. The standard InChI is InChI=1S/C19H35N5O7S/c1-9(2)14(18(29)24-15(10(3)25)19(30)31)23-17(28)12(5-6-13(21)26)22-16(27)11(20)7-8-32-4/h9-12,14-15,25H,5-8,20H2,1-4H3,(H2,21,26)(H,22,27)(H,23,28)(H,24,29)(H,30,31). The number of aliphatic hydroxyl groups excluding tert-OH is 1. The number of carbonyl (C=O) groups is 5. The lowest BCUT2D eigenvalue weighted by Crippen LogP contribution is -2.59. The maximum Gasteiger partial charge on any atom is 0.328 e. The molecule has 0 radical (unpaired) electrons. The van der Waals surface area contributed by atoms with Gasteiger partial charge >= 0.3 is 5.97 Å². The van der Waals surface area contributed by atoms with Crippen LogP contribution in [0.4, 0.5) is 0 Å². The first-order valence-electron chi connectivity index (χ1n) is 10.2. The summed E-state index contributed by atoms with van der Waals surface area (Å²) in [4.78, 5) is 60.2. The Morgan fingerprint density at radius 1 is 0.906 bits per heavy atom. The van der Waals surface area contributed by atoms with Crippen molar-refractivity contribution in [1.29, 1.82) is 0 Å². The van der Waals surface area contributed by atoms with Gasteiger partial charge in [0.1, 0.15) is 12.1 Å². The van der Waals surface area contributed by atoms with Gasteiger partial charge in [0.15, 0.2) is 6.04 Å². The molecule has 0 heterocycles. The largest absolute Gasteiger partial charge is 0.480 e. The highest BCUT2D eigenvalue weighted by Gasteiger charge is 2.33. The molecule has 0 bridgehead atoms. The number of carbonyl (C=O) groups excluding carboxylic acids is 4. The summed E-state index contributed by atoms with van der Waals surface area (Å²) in [6.07, 6.45) is 0.562. The molecule has 0 aromatic carbocycles. The molecule has 0 aliphatic heterocycles. The summed E-state index contributed by atoms with van der Waals surface area (Å²) >= 11 is 1.51. The second-order valence-electron chi connectivity index (χ2n) is 7.75. The molecule has 5 unspecified atom stereocenters. The fourth-order valence-electron chi connectivity index (χ4n) is 2.63. The summed E-state index contributed by atoms with van der Waals surface area (Å²) < 4.78 is 0. The van der Waals surface area contributed by atoms with E-state index in [1.807, 2.05) is 6.26 Å². The molecular formula is C19H35N5O7S. The van der Waals surface area contributed by atoms with Gasteiger partial charge in [-0.15, -0.1) is 0 Å². The third-order valence-electron chi connectivity index (χ3n) is 4.58. The van der Waals surface area contributed by atoms with Gasteiger partial charge in [0, 0.05) is 6.42 Å². The Morgan fingerprint density at radius 3 is 1.91 bits per heavy atom. The van der Waals surface area contributed by atoms with Crippen LogP contribution in [0.5, 0.6) is 0 Å². The normalized spacial score (nSPS) is 15.7. The summed E-state index contributed by atoms with van der Waals surface area (Å²) in [5.74, 6) is -4.10. The highest BCUT2D eigenvalue weighted by Crippen LogP contribution is 2.07. The minimum atomic E-state index is -1.57. The molecule has 13 heteroatoms. The van der Waals surface area contributed by atoms with Crippen LogP contribution in [0.2, 0.25) is 0 Å². The highest BCUT2D eigenvalue weighted by atomic mass is 32.2. The molecule has 0 aromatic heterocycles. The topological polar surface area (TPSA) is 214 Å². The van der Waals surface area contributed by atoms with Crippen molar-refractivity contribution in [3.8, 4) is 0 Å². The molecule has 184 valence electrons. The van der Waals surface area contributed by atoms with Gasteiger partial charge in [0.05, 0.1) is 12.1 Å². The van der Waals surface area contributed by atoms with Crippen LogP contribution >= 0.6 is 11.8 Å². The molecule has 0 rings (SSSR count). The zero-order valence-corrected chi connectivity index (χ0v) is 19.6. The fourth-order valence-corrected chi connectivity index (χ4v) is 3.12. The number of amides is 4. The zero-order chi connectivity index (χ0) is 25.0. The molecule has 0 spiro atoms. The molecule has 0 aliphatic rings. The molecule has 9 N–H and O–H groups in total. The lowest BCUT2D eigenvalue weighted by molar-refractivity contribution is -0.145. The third kappa shape index (κ3) is 10.8. The van der Waals surface area contributed by atoms with Crippen molar-refractivity contribution in [1.82, 2.24) is 16.0 Å². The van der Waals surface area contributed by atoms with Crippen LogP contribution in [0.15, 0.2) is 0 Å². The first-order valence-corrected chi connectivity index (χ1v) is 11.6. The number of carboxylic acid groups (broad SMARTS) is 1. The number of primary amides is 1. The number of nitrogens with one attached hydrogen (secondary N) is 3. The van der Waals surface area contributed by atoms with Crippen LogP contribution in [0, 0.1) is 5.92 Å². The second-order valence-corrected chi connectivity index (χ2v) is 8.74. The Bertz CT molecular complexity index is 674. The van der Waals surface area contributed by atoms with Crippen molar-refractivity contribution >= 4 is 41.4 Å². The summed E-state index contributed by atoms with van der Waals surface area (Å²) in [7, 11) is 0. The molecule has 4 amide bonds. The first-order chi connectivity index (χ1) is 14.8. The van der Waals surface area contributed by atoms with Crippen molar-refractivity contribution < 1.29 is 34.2 Å². The maximum atomic E-state index is 12.8. The zero-order valence-electron chi connectivity index (χ0n) is 18.8. The van der Waals surface area contributed by atoms with E-state index in [0.717, 1.165) is 0 Å². The van der Waals surface area contributed by atoms with E-state index in [4.69, 9.17) is 16.6 Å². The number of hydrogen-bond acceptors (Lipinski definition) is 8. The van der Waals surface area contributed by atoms with Crippen LogP contribution in [-0.2, 0) is 24.0 Å². The van der Waals surface area contributed by atoms with Gasteiger partial charge in [-0.1, -0.05) is 13.8 Å². The van der Waals surface area contributed by atoms with E-state index in [-0.39, 0.29) is 12.8 Å². The predicted molar refractivity (Wildman–Crippen MR) is 119 cm³/mol. The third-order valence-corrected chi connectivity index (χ3v) is 5.22. The number of carboxylic acids is 1. The van der Waals surface area contributed by atoms with Crippen LogP contribution in [-0.4, -0.2) is 82.1 Å². The van der Waals surface area contributed by atoms with E-state index in [2.05, 4.69) is 16.0 Å². The summed E-state index contributed by atoms with van der Waals surface area (Å²) in [5, 5.41) is 25.9. The molecule has 32 heavy (non-hydrogen) atoms. The number of aliphatic carboxylic acids is 1. The molecule has 0 saturated heterocycles. The van der Waals surface area contributed by atoms with Gasteiger partial charge in [-0.05, 0) is 37.7 Å². The predicted octanol–water partition coefficient (Wildman–Crippen LogP) is -2.09. The lowest BCUT2D eigenvalue weighted by atomic mass is 10.0. The number of rotatable bonds is 15. The maximum absolute atomic E-state index is 12.8. The van der Waals surface area contributed by atoms with E-state index in [1.165, 1.54) is 18.7 Å². The van der Waals surface area contributed by atoms with Crippen LogP contribution in [0.1, 0.15) is 40.0 Å². The molecule has 0 aliphatic carbocycles. The lowest BCUT2D eigenvalue weighted by Gasteiger charge is -2.27. The van der Waals surface area contributed by atoms with Crippen molar-refractivity contribution in [2.45, 2.75) is 70.3 Å². The summed E-state index contributed by atoms with van der Waals surface area (Å²) in [6.45, 7) is 4.45. The molecule has 0 fully saturated rings. The number of thioether (sulfide) groups is 1. The van der Waals surface area contributed by atoms with Crippen molar-refractivity contribution in [2.75, 3.05) is 12.0 Å². The van der Waals surface area contributed by atoms with Crippen LogP contribution in [0.25, 0.3) is 0 Å². The van der Waals surface area contributed by atoms with Gasteiger partial charge in [0.25, 0.3) is 0 Å². The van der Waals surface area contributed by atoms with Gasteiger partial charge in [-0.25, -0.2) is 4.79 Å². The number of nitrogens with two attached hydrogens (primary N) is 2. The van der Waals surface area contributed by atoms with E-state index in [9.17, 15) is 29.1 Å². The van der Waals surface area contributed by atoms with Crippen molar-refractivity contribution in [2.24, 2.45) is 17.4 Å². The summed E-state index contributed by atoms with van der Waals surface area (Å²) in [5.41, 5.74) is 11.0. The SMILES string of the molecule is CSCCC(N)C(=O)NC(CCC(N)=O)C(=O)NC(C(=O)NC(C(=O)O)C(C)O)C(C)C. The Labute approximate surface area is 191 Å². The molecule has 12 nitrogen and oxygen atoms in total. The second kappa shape index (κ2) is 14.6. The Kier molecular flexibility index (Phi) is 13.5. The molecule has 5 atom stereocenters. The Balaban J connectivity index is 5.43. The monoisotopic (exact) mass is 477 g/mol. The molecular weight excluding hydrogens is 442 g/mol. The van der Waals surface area contributed by atoms with E-state index in [1.54, 1.807) is 13.8 Å². The van der Waals surface area contributed by atoms with E-state index in [0.29, 0.717) is 12.2 Å². The smallest absolute Gasteiger partial charge is 0.328 e. The summed E-state index contributed by atoms with van der Waals surface area (Å²) in [6, 6.07) is -4.78. The highest BCUT2D eigenvalue weighted by molar-refractivity contribution is 7.98. The van der Waals surface area contributed by atoms with Gasteiger partial charge in [0.2, 0.25) is 23.6 Å². The first kappa shape index (κ1) is 29.6. The number of aliphatic hydroxyl groups is 1. The molecule has 0 saturated carbocycles. The quantitative estimate of drug-likeness (QED) is 0.137. The average molecular weight is 478 g/mol. The number of hydrogen-bond donors (Lipinski definition) is 7. The average Bonchev–Trinajstić information content (AvgIpc) is 2.69. The van der Waals surface area contributed by atoms with Crippen LogP contribution < -0.4 is 27.4 Å². The Morgan fingerprint density at radius 2 is 1.47 bits per heavy atom. The van der Waals surface area contributed by atoms with Crippen molar-refractivity contribution in [3.63, 3.8) is 0 Å². The van der Waals surface area contributed by atoms with E-state index < -0.39 is 65.8 Å². The van der Waals surface area contributed by atoms with Gasteiger partial charge in [-0.2, -0.15) is 11.8 Å². The van der Waals surface area contributed by atoms with E-state index >= 15 is 0 Å². The van der Waals surface area contributed by atoms with Crippen molar-refractivity contribution in [3.05, 3.63) is 0 Å². The Hall–Kier alpha value is -2.38. The van der Waals surface area contributed by atoms with Gasteiger partial charge < -0.3 is 37.6 Å². The van der Waals surface area contributed by atoms with Crippen LogP contribution in [0.3, 0.4) is 0 Å². The minimum Gasteiger partial charge on any atom is -0.480 e. The fraction of sp³-hybridized carbons (Fsp3) is 0.737.